The van der Waals surface area contributed by atoms with E-state index in [1.54, 1.807) is 0 Å². The number of carbonyl (C=O) groups excluding carboxylic acids is 1. The first-order valence-electron chi connectivity index (χ1n) is 7.50. The maximum atomic E-state index is 12.8. The number of nitrogens with one attached hydrogen (secondary N) is 1. The molecule has 0 bridgehead atoms. The highest BCUT2D eigenvalue weighted by Crippen LogP contribution is 2.44. The Labute approximate surface area is 133 Å². The predicted molar refractivity (Wildman–Crippen MR) is 90.2 cm³/mol. The zero-order chi connectivity index (χ0) is 15.0. The van der Waals surface area contributed by atoms with Crippen molar-refractivity contribution in [2.45, 2.75) is 24.7 Å². The van der Waals surface area contributed by atoms with Crippen molar-refractivity contribution in [1.82, 2.24) is 4.98 Å². The van der Waals surface area contributed by atoms with Crippen LogP contribution in [-0.2, 0) is 10.2 Å². The molecule has 1 heterocycles. The van der Waals surface area contributed by atoms with Crippen molar-refractivity contribution in [3.63, 3.8) is 0 Å². The van der Waals surface area contributed by atoms with Crippen LogP contribution in [0, 0.1) is 0 Å². The summed E-state index contributed by atoms with van der Waals surface area (Å²) in [7, 11) is 0. The highest BCUT2D eigenvalue weighted by atomic mass is 32.1. The molecule has 4 heteroatoms. The molecule has 0 radical (unpaired) electrons. The molecule has 1 saturated carbocycles. The summed E-state index contributed by atoms with van der Waals surface area (Å²) in [4.78, 5) is 17.4. The number of para-hydroxylation sites is 1. The van der Waals surface area contributed by atoms with Gasteiger partial charge in [0.25, 0.3) is 0 Å². The molecule has 2 aromatic carbocycles. The molecule has 0 saturated heterocycles. The molecular weight excluding hydrogens is 292 g/mol. The predicted octanol–water partition coefficient (Wildman–Crippen LogP) is 4.36. The van der Waals surface area contributed by atoms with E-state index in [1.165, 1.54) is 11.3 Å². The zero-order valence-electron chi connectivity index (χ0n) is 12.1. The van der Waals surface area contributed by atoms with Crippen LogP contribution in [0.5, 0.6) is 0 Å². The van der Waals surface area contributed by atoms with Crippen LogP contribution in [0.1, 0.15) is 24.8 Å². The van der Waals surface area contributed by atoms with Gasteiger partial charge in [0, 0.05) is 0 Å². The summed E-state index contributed by atoms with van der Waals surface area (Å²) in [6.07, 6.45) is 2.92. The van der Waals surface area contributed by atoms with Crippen LogP contribution in [0.3, 0.4) is 0 Å². The minimum atomic E-state index is -0.376. The molecule has 3 aromatic rings. The summed E-state index contributed by atoms with van der Waals surface area (Å²) in [5.41, 5.74) is 1.67. The van der Waals surface area contributed by atoms with Gasteiger partial charge in [-0.3, -0.25) is 4.79 Å². The molecule has 22 heavy (non-hydrogen) atoms. The Hall–Kier alpha value is -2.20. The molecule has 3 nitrogen and oxygen atoms in total. The van der Waals surface area contributed by atoms with Gasteiger partial charge in [-0.2, -0.15) is 0 Å². The van der Waals surface area contributed by atoms with Gasteiger partial charge < -0.3 is 5.32 Å². The highest BCUT2D eigenvalue weighted by molar-refractivity contribution is 7.22. The SMILES string of the molecule is O=C(Nc1nc2ccccc2s1)C1(c2ccccc2)CCC1. The maximum absolute atomic E-state index is 12.8. The summed E-state index contributed by atoms with van der Waals surface area (Å²) in [6.45, 7) is 0. The standard InChI is InChI=1S/C18H16N2OS/c21-16(18(11-6-12-18)13-7-2-1-3-8-13)20-17-19-14-9-4-5-10-15(14)22-17/h1-5,7-10H,6,11-12H2,(H,19,20,21). The number of nitrogens with zero attached hydrogens (tertiary/aromatic N) is 1. The minimum Gasteiger partial charge on any atom is -0.301 e. The summed E-state index contributed by atoms with van der Waals surface area (Å²) in [5.74, 6) is 0.0732. The molecule has 1 aliphatic carbocycles. The van der Waals surface area contributed by atoms with E-state index in [4.69, 9.17) is 0 Å². The van der Waals surface area contributed by atoms with Crippen molar-refractivity contribution in [2.24, 2.45) is 0 Å². The monoisotopic (exact) mass is 308 g/mol. The Balaban J connectivity index is 1.63. The van der Waals surface area contributed by atoms with Crippen molar-refractivity contribution in [2.75, 3.05) is 5.32 Å². The van der Waals surface area contributed by atoms with E-state index in [0.29, 0.717) is 5.13 Å². The number of fused-ring (bicyclic) bond motifs is 1. The zero-order valence-corrected chi connectivity index (χ0v) is 12.9. The molecule has 0 aliphatic heterocycles. The van der Waals surface area contributed by atoms with E-state index in [9.17, 15) is 4.79 Å². The third-order valence-electron chi connectivity index (χ3n) is 4.48. The van der Waals surface area contributed by atoms with E-state index in [2.05, 4.69) is 22.4 Å². The molecule has 110 valence electrons. The number of aromatic nitrogens is 1. The molecule has 4 rings (SSSR count). The van der Waals surface area contributed by atoms with Crippen LogP contribution < -0.4 is 5.32 Å². The van der Waals surface area contributed by atoms with Crippen LogP contribution in [0.15, 0.2) is 54.6 Å². The lowest BCUT2D eigenvalue weighted by molar-refractivity contribution is -0.124. The van der Waals surface area contributed by atoms with E-state index >= 15 is 0 Å². The molecular formula is C18H16N2OS. The lowest BCUT2D eigenvalue weighted by atomic mass is 9.64. The fourth-order valence-corrected chi connectivity index (χ4v) is 3.94. The molecule has 0 atom stereocenters. The average molecular weight is 308 g/mol. The van der Waals surface area contributed by atoms with Crippen LogP contribution >= 0.6 is 11.3 Å². The fourth-order valence-electron chi connectivity index (χ4n) is 3.08. The maximum Gasteiger partial charge on any atom is 0.236 e. The Morgan fingerprint density at radius 3 is 2.45 bits per heavy atom. The third-order valence-corrected chi connectivity index (χ3v) is 5.43. The lowest BCUT2D eigenvalue weighted by Crippen LogP contribution is -2.45. The first-order valence-corrected chi connectivity index (χ1v) is 8.32. The van der Waals surface area contributed by atoms with Crippen LogP contribution in [0.4, 0.5) is 5.13 Å². The number of benzene rings is 2. The number of thiazole rings is 1. The second-order valence-corrected chi connectivity index (χ2v) is 6.77. The summed E-state index contributed by atoms with van der Waals surface area (Å²) >= 11 is 1.53. The van der Waals surface area contributed by atoms with E-state index in [1.807, 2.05) is 42.5 Å². The van der Waals surface area contributed by atoms with Gasteiger partial charge in [0.1, 0.15) is 0 Å². The van der Waals surface area contributed by atoms with Gasteiger partial charge in [0.05, 0.1) is 15.6 Å². The molecule has 1 N–H and O–H groups in total. The molecule has 1 aliphatic rings. The smallest absolute Gasteiger partial charge is 0.236 e. The third kappa shape index (κ3) is 2.11. The number of hydrogen-bond acceptors (Lipinski definition) is 3. The van der Waals surface area contributed by atoms with Gasteiger partial charge in [0.2, 0.25) is 5.91 Å². The van der Waals surface area contributed by atoms with Crippen molar-refractivity contribution in [3.05, 3.63) is 60.2 Å². The topological polar surface area (TPSA) is 42.0 Å². The number of carbonyl (C=O) groups is 1. The number of anilines is 1. The Morgan fingerprint density at radius 1 is 1.05 bits per heavy atom. The summed E-state index contributed by atoms with van der Waals surface area (Å²) in [6, 6.07) is 18.0. The largest absolute Gasteiger partial charge is 0.301 e. The number of rotatable bonds is 3. The van der Waals surface area contributed by atoms with Crippen molar-refractivity contribution in [1.29, 1.82) is 0 Å². The van der Waals surface area contributed by atoms with Crippen LogP contribution in [-0.4, -0.2) is 10.9 Å². The second kappa shape index (κ2) is 5.21. The fraction of sp³-hybridized carbons (Fsp3) is 0.222. The molecule has 1 amide bonds. The van der Waals surface area contributed by atoms with E-state index in [-0.39, 0.29) is 11.3 Å². The first-order chi connectivity index (χ1) is 10.8. The minimum absolute atomic E-state index is 0.0732. The Morgan fingerprint density at radius 2 is 1.77 bits per heavy atom. The first kappa shape index (κ1) is 13.5. The van der Waals surface area contributed by atoms with Gasteiger partial charge in [-0.15, -0.1) is 0 Å². The quantitative estimate of drug-likeness (QED) is 0.781. The van der Waals surface area contributed by atoms with Crippen molar-refractivity contribution in [3.8, 4) is 0 Å². The Kier molecular flexibility index (Phi) is 3.19. The lowest BCUT2D eigenvalue weighted by Gasteiger charge is -2.40. The molecule has 1 aromatic heterocycles. The average Bonchev–Trinajstić information content (AvgIpc) is 2.89. The summed E-state index contributed by atoms with van der Waals surface area (Å²) < 4.78 is 1.10. The second-order valence-electron chi connectivity index (χ2n) is 5.74. The highest BCUT2D eigenvalue weighted by Gasteiger charge is 2.45. The molecule has 1 fully saturated rings. The number of amides is 1. The van der Waals surface area contributed by atoms with Gasteiger partial charge in [-0.05, 0) is 30.5 Å². The normalized spacial score (nSPS) is 16.2. The van der Waals surface area contributed by atoms with Gasteiger partial charge in [-0.1, -0.05) is 60.2 Å². The van der Waals surface area contributed by atoms with Crippen molar-refractivity contribution >= 4 is 32.6 Å². The van der Waals surface area contributed by atoms with Gasteiger partial charge >= 0.3 is 0 Å². The molecule has 0 unspecified atom stereocenters. The van der Waals surface area contributed by atoms with E-state index in [0.717, 1.165) is 35.0 Å². The van der Waals surface area contributed by atoms with Gasteiger partial charge in [0.15, 0.2) is 5.13 Å². The van der Waals surface area contributed by atoms with Gasteiger partial charge in [-0.25, -0.2) is 4.98 Å². The number of hydrogen-bond donors (Lipinski definition) is 1. The van der Waals surface area contributed by atoms with Crippen LogP contribution in [0.2, 0.25) is 0 Å². The molecule has 0 spiro atoms. The van der Waals surface area contributed by atoms with Crippen molar-refractivity contribution < 1.29 is 4.79 Å². The van der Waals surface area contributed by atoms with E-state index < -0.39 is 0 Å². The Bertz CT molecular complexity index is 788. The summed E-state index contributed by atoms with van der Waals surface area (Å²) in [5, 5.41) is 3.73. The van der Waals surface area contributed by atoms with Crippen LogP contribution in [0.25, 0.3) is 10.2 Å².